The highest BCUT2D eigenvalue weighted by atomic mass is 35.5. The summed E-state index contributed by atoms with van der Waals surface area (Å²) in [5.41, 5.74) is 1.18. The number of carbonyl (C=O) groups excluding carboxylic acids is 1. The quantitative estimate of drug-likeness (QED) is 0.794. The molecule has 2 fully saturated rings. The van der Waals surface area contributed by atoms with Gasteiger partial charge in [0, 0.05) is 18.2 Å². The van der Waals surface area contributed by atoms with Gasteiger partial charge in [0.2, 0.25) is 5.91 Å². The van der Waals surface area contributed by atoms with Crippen LogP contribution in [0.5, 0.6) is 0 Å². The van der Waals surface area contributed by atoms with Gasteiger partial charge in [0.15, 0.2) is 14.6 Å². The number of amides is 1. The van der Waals surface area contributed by atoms with E-state index in [4.69, 9.17) is 0 Å². The Morgan fingerprint density at radius 3 is 2.19 bits per heavy atom. The van der Waals surface area contributed by atoms with Gasteiger partial charge >= 0.3 is 0 Å². The van der Waals surface area contributed by atoms with Crippen LogP contribution in [0.15, 0.2) is 30.3 Å². The first-order valence-corrected chi connectivity index (χ1v) is 11.0. The summed E-state index contributed by atoms with van der Waals surface area (Å²) in [5.74, 6) is -0.321. The standard InChI is InChI=1S/C19H28N2O3S.ClH/c1-25(23,24)19(11-13-20-14-12-19)17(22)21-15-18(9-5-6-10-18)16-7-3-2-4-8-16;/h2-4,7-8,20H,5-6,9-15H2,1H3,(H,21,22);1H. The second-order valence-corrected chi connectivity index (χ2v) is 9.88. The van der Waals surface area contributed by atoms with Crippen molar-refractivity contribution in [2.75, 3.05) is 25.9 Å². The first kappa shape index (κ1) is 21.2. The number of piperidine rings is 1. The largest absolute Gasteiger partial charge is 0.354 e. The number of hydrogen-bond donors (Lipinski definition) is 2. The Labute approximate surface area is 162 Å². The van der Waals surface area contributed by atoms with Crippen LogP contribution in [0, 0.1) is 0 Å². The minimum atomic E-state index is -3.47. The Balaban J connectivity index is 0.00000243. The third-order valence-corrected chi connectivity index (χ3v) is 8.08. The predicted molar refractivity (Wildman–Crippen MR) is 107 cm³/mol. The molecule has 5 nitrogen and oxygen atoms in total. The molecule has 0 unspecified atom stereocenters. The maximum Gasteiger partial charge on any atom is 0.241 e. The molecule has 0 aromatic heterocycles. The van der Waals surface area contributed by atoms with E-state index in [2.05, 4.69) is 22.8 Å². The second kappa shape index (κ2) is 8.28. The maximum atomic E-state index is 13.0. The lowest BCUT2D eigenvalue weighted by Gasteiger charge is -2.36. The molecular weight excluding hydrogens is 372 g/mol. The van der Waals surface area contributed by atoms with Crippen molar-refractivity contribution in [3.05, 3.63) is 35.9 Å². The van der Waals surface area contributed by atoms with E-state index in [0.29, 0.717) is 32.5 Å². The fourth-order valence-corrected chi connectivity index (χ4v) is 5.77. The van der Waals surface area contributed by atoms with Crippen LogP contribution in [0.1, 0.15) is 44.1 Å². The van der Waals surface area contributed by atoms with E-state index >= 15 is 0 Å². The van der Waals surface area contributed by atoms with Crippen LogP contribution < -0.4 is 10.6 Å². The smallest absolute Gasteiger partial charge is 0.241 e. The van der Waals surface area contributed by atoms with Gasteiger partial charge in [0.05, 0.1) is 0 Å². The zero-order chi connectivity index (χ0) is 18.0. The molecule has 0 radical (unpaired) electrons. The predicted octanol–water partition coefficient (Wildman–Crippen LogP) is 2.20. The van der Waals surface area contributed by atoms with Gasteiger partial charge in [-0.3, -0.25) is 4.79 Å². The van der Waals surface area contributed by atoms with Gasteiger partial charge in [-0.05, 0) is 44.3 Å². The molecule has 1 aliphatic heterocycles. The summed E-state index contributed by atoms with van der Waals surface area (Å²) in [6.45, 7) is 1.63. The number of sulfone groups is 1. The van der Waals surface area contributed by atoms with Crippen molar-refractivity contribution >= 4 is 28.2 Å². The molecule has 0 bridgehead atoms. The summed E-state index contributed by atoms with van der Waals surface area (Å²) in [6.07, 6.45) is 6.24. The molecule has 2 aliphatic rings. The van der Waals surface area contributed by atoms with E-state index < -0.39 is 14.6 Å². The van der Waals surface area contributed by atoms with E-state index in [9.17, 15) is 13.2 Å². The summed E-state index contributed by atoms with van der Waals surface area (Å²) in [5, 5.41) is 6.19. The third-order valence-electron chi connectivity index (χ3n) is 6.07. The van der Waals surface area contributed by atoms with E-state index in [1.54, 1.807) is 0 Å². The van der Waals surface area contributed by atoms with Crippen molar-refractivity contribution in [1.82, 2.24) is 10.6 Å². The van der Waals surface area contributed by atoms with Crippen LogP contribution in [-0.2, 0) is 20.0 Å². The molecule has 26 heavy (non-hydrogen) atoms. The summed E-state index contributed by atoms with van der Waals surface area (Å²) in [6, 6.07) is 10.3. The molecule has 1 saturated carbocycles. The number of nitrogens with one attached hydrogen (secondary N) is 2. The number of carbonyl (C=O) groups is 1. The van der Waals surface area contributed by atoms with Gasteiger partial charge in [0.25, 0.3) is 0 Å². The number of hydrogen-bond acceptors (Lipinski definition) is 4. The van der Waals surface area contributed by atoms with Crippen LogP contribution in [0.4, 0.5) is 0 Å². The lowest BCUT2D eigenvalue weighted by atomic mass is 9.78. The normalized spacial score (nSPS) is 21.6. The number of halogens is 1. The number of rotatable bonds is 5. The fraction of sp³-hybridized carbons (Fsp3) is 0.632. The van der Waals surface area contributed by atoms with Gasteiger partial charge in [-0.2, -0.15) is 0 Å². The van der Waals surface area contributed by atoms with Crippen molar-refractivity contribution in [2.45, 2.75) is 48.7 Å². The maximum absolute atomic E-state index is 13.0. The van der Waals surface area contributed by atoms with Gasteiger partial charge in [-0.1, -0.05) is 43.2 Å². The zero-order valence-corrected chi connectivity index (χ0v) is 16.9. The highest BCUT2D eigenvalue weighted by molar-refractivity contribution is 7.92. The molecule has 1 saturated heterocycles. The van der Waals surface area contributed by atoms with Crippen LogP contribution >= 0.6 is 12.4 Å². The summed E-state index contributed by atoms with van der Waals surface area (Å²) >= 11 is 0. The van der Waals surface area contributed by atoms with Crippen molar-refractivity contribution in [1.29, 1.82) is 0 Å². The molecule has 1 aliphatic carbocycles. The van der Waals surface area contributed by atoms with E-state index in [1.807, 2.05) is 18.2 Å². The first-order chi connectivity index (χ1) is 11.9. The van der Waals surface area contributed by atoms with Gasteiger partial charge in [-0.15, -0.1) is 12.4 Å². The average Bonchev–Trinajstić information content (AvgIpc) is 3.10. The Hall–Kier alpha value is -1.11. The zero-order valence-electron chi connectivity index (χ0n) is 15.3. The van der Waals surface area contributed by atoms with Gasteiger partial charge < -0.3 is 10.6 Å². The molecular formula is C19H29ClN2O3S. The molecule has 1 aromatic carbocycles. The highest BCUT2D eigenvalue weighted by Crippen LogP contribution is 2.40. The van der Waals surface area contributed by atoms with Gasteiger partial charge in [-0.25, -0.2) is 8.42 Å². The Morgan fingerprint density at radius 1 is 1.08 bits per heavy atom. The minimum Gasteiger partial charge on any atom is -0.354 e. The molecule has 0 atom stereocenters. The third kappa shape index (κ3) is 3.92. The van der Waals surface area contributed by atoms with Crippen LogP contribution in [0.25, 0.3) is 0 Å². The average molecular weight is 401 g/mol. The van der Waals surface area contributed by atoms with E-state index in [-0.39, 0.29) is 23.7 Å². The molecule has 3 rings (SSSR count). The van der Waals surface area contributed by atoms with Crippen molar-refractivity contribution in [3.8, 4) is 0 Å². The Morgan fingerprint density at radius 2 is 1.65 bits per heavy atom. The van der Waals surface area contributed by atoms with Gasteiger partial charge in [0.1, 0.15) is 0 Å². The molecule has 146 valence electrons. The lowest BCUT2D eigenvalue weighted by molar-refractivity contribution is -0.124. The van der Waals surface area contributed by atoms with E-state index in [1.165, 1.54) is 11.8 Å². The molecule has 7 heteroatoms. The SMILES string of the molecule is CS(=O)(=O)C1(C(=O)NCC2(c3ccccc3)CCCC2)CCNCC1.Cl. The van der Waals surface area contributed by atoms with Crippen LogP contribution in [0.2, 0.25) is 0 Å². The highest BCUT2D eigenvalue weighted by Gasteiger charge is 2.49. The molecule has 1 amide bonds. The summed E-state index contributed by atoms with van der Waals surface area (Å²) in [7, 11) is -3.47. The monoisotopic (exact) mass is 400 g/mol. The Kier molecular flexibility index (Phi) is 6.75. The van der Waals surface area contributed by atoms with Crippen molar-refractivity contribution in [3.63, 3.8) is 0 Å². The van der Waals surface area contributed by atoms with Crippen LogP contribution in [0.3, 0.4) is 0 Å². The second-order valence-electron chi connectivity index (χ2n) is 7.55. The topological polar surface area (TPSA) is 75.3 Å². The summed E-state index contributed by atoms with van der Waals surface area (Å²) in [4.78, 5) is 13.0. The lowest BCUT2D eigenvalue weighted by Crippen LogP contribution is -2.58. The van der Waals surface area contributed by atoms with Crippen LogP contribution in [-0.4, -0.2) is 45.0 Å². The fourth-order valence-electron chi connectivity index (χ4n) is 4.42. The molecule has 1 aromatic rings. The minimum absolute atomic E-state index is 0. The summed E-state index contributed by atoms with van der Waals surface area (Å²) < 4.78 is 23.5. The molecule has 1 heterocycles. The van der Waals surface area contributed by atoms with Crippen molar-refractivity contribution < 1.29 is 13.2 Å². The van der Waals surface area contributed by atoms with Crippen molar-refractivity contribution in [2.24, 2.45) is 0 Å². The van der Waals surface area contributed by atoms with E-state index in [0.717, 1.165) is 25.7 Å². The first-order valence-electron chi connectivity index (χ1n) is 9.14. The molecule has 2 N–H and O–H groups in total. The Bertz CT molecular complexity index is 710. The number of benzene rings is 1. The molecule has 0 spiro atoms.